The van der Waals surface area contributed by atoms with E-state index in [1.807, 2.05) is 19.9 Å². The highest BCUT2D eigenvalue weighted by Gasteiger charge is 2.19. The molecule has 98 valence electrons. The van der Waals surface area contributed by atoms with Gasteiger partial charge in [-0.2, -0.15) is 0 Å². The molecule has 0 saturated carbocycles. The third-order valence-corrected chi connectivity index (χ3v) is 3.02. The molecule has 1 aliphatic heterocycles. The minimum Gasteiger partial charge on any atom is -0.465 e. The molecule has 0 aromatic carbocycles. The predicted molar refractivity (Wildman–Crippen MR) is 67.9 cm³/mol. The molecule has 1 N–H and O–H groups in total. The molecule has 6 nitrogen and oxygen atoms in total. The lowest BCUT2D eigenvalue weighted by atomic mass is 10.3. The molecular weight excluding hydrogens is 232 g/mol. The summed E-state index contributed by atoms with van der Waals surface area (Å²) >= 11 is 0. The number of amides is 1. The van der Waals surface area contributed by atoms with E-state index in [-0.39, 0.29) is 0 Å². The Morgan fingerprint density at radius 3 is 2.44 bits per heavy atom. The molecule has 1 aromatic rings. The van der Waals surface area contributed by atoms with Crippen molar-refractivity contribution < 1.29 is 9.90 Å². The SMILES string of the molecule is Cc1cc(C)nc(N2CCCN(C(=O)O)CC2)n1. The second kappa shape index (κ2) is 5.20. The third kappa shape index (κ3) is 2.88. The maximum atomic E-state index is 10.9. The van der Waals surface area contributed by atoms with Gasteiger partial charge in [0, 0.05) is 37.6 Å². The summed E-state index contributed by atoms with van der Waals surface area (Å²) in [6, 6.07) is 1.94. The fourth-order valence-corrected chi connectivity index (χ4v) is 2.16. The lowest BCUT2D eigenvalue weighted by Crippen LogP contribution is -2.34. The molecule has 1 fully saturated rings. The summed E-state index contributed by atoms with van der Waals surface area (Å²) < 4.78 is 0. The number of carbonyl (C=O) groups is 1. The molecule has 0 spiro atoms. The fourth-order valence-electron chi connectivity index (χ4n) is 2.16. The van der Waals surface area contributed by atoms with Gasteiger partial charge < -0.3 is 14.9 Å². The zero-order chi connectivity index (χ0) is 13.1. The molecule has 0 aliphatic carbocycles. The number of aryl methyl sites for hydroxylation is 2. The monoisotopic (exact) mass is 250 g/mol. The molecule has 0 atom stereocenters. The number of hydrogen-bond donors (Lipinski definition) is 1. The van der Waals surface area contributed by atoms with E-state index in [0.717, 1.165) is 24.4 Å². The third-order valence-electron chi connectivity index (χ3n) is 3.02. The van der Waals surface area contributed by atoms with Gasteiger partial charge >= 0.3 is 6.09 Å². The molecule has 2 heterocycles. The van der Waals surface area contributed by atoms with Crippen molar-refractivity contribution in [3.8, 4) is 0 Å². The van der Waals surface area contributed by atoms with E-state index in [1.54, 1.807) is 0 Å². The minimum absolute atomic E-state index is 0.506. The fraction of sp³-hybridized carbons (Fsp3) is 0.583. The van der Waals surface area contributed by atoms with Gasteiger partial charge in [0.1, 0.15) is 0 Å². The Morgan fingerprint density at radius 1 is 1.17 bits per heavy atom. The van der Waals surface area contributed by atoms with Crippen LogP contribution in [0.4, 0.5) is 10.7 Å². The quantitative estimate of drug-likeness (QED) is 0.813. The van der Waals surface area contributed by atoms with Crippen LogP contribution < -0.4 is 4.90 Å². The average Bonchev–Trinajstić information content (AvgIpc) is 2.52. The molecule has 1 aromatic heterocycles. The van der Waals surface area contributed by atoms with E-state index in [0.29, 0.717) is 25.6 Å². The molecule has 1 amide bonds. The van der Waals surface area contributed by atoms with E-state index in [2.05, 4.69) is 14.9 Å². The number of carboxylic acid groups (broad SMARTS) is 1. The molecule has 1 saturated heterocycles. The Labute approximate surface area is 106 Å². The minimum atomic E-state index is -0.849. The van der Waals surface area contributed by atoms with E-state index >= 15 is 0 Å². The summed E-state index contributed by atoms with van der Waals surface area (Å²) in [6.07, 6.45) is -0.0407. The lowest BCUT2D eigenvalue weighted by molar-refractivity contribution is 0.148. The van der Waals surface area contributed by atoms with Crippen molar-refractivity contribution in [2.75, 3.05) is 31.1 Å². The lowest BCUT2D eigenvalue weighted by Gasteiger charge is -2.21. The standard InChI is InChI=1S/C12H18N4O2/c1-9-8-10(2)14-11(13-9)15-4-3-5-16(7-6-15)12(17)18/h8H,3-7H2,1-2H3,(H,17,18). The zero-order valence-corrected chi connectivity index (χ0v) is 10.8. The topological polar surface area (TPSA) is 69.6 Å². The first-order valence-corrected chi connectivity index (χ1v) is 6.11. The van der Waals surface area contributed by atoms with Crippen LogP contribution in [-0.4, -0.2) is 52.2 Å². The van der Waals surface area contributed by atoms with Gasteiger partial charge in [0.15, 0.2) is 0 Å². The van der Waals surface area contributed by atoms with Gasteiger partial charge in [-0.25, -0.2) is 14.8 Å². The number of nitrogens with zero attached hydrogens (tertiary/aromatic N) is 4. The first-order chi connectivity index (χ1) is 8.56. The Bertz CT molecular complexity index is 429. The van der Waals surface area contributed by atoms with Crippen LogP contribution >= 0.6 is 0 Å². The van der Waals surface area contributed by atoms with Gasteiger partial charge in [0.05, 0.1) is 0 Å². The molecule has 0 unspecified atom stereocenters. The molecule has 2 rings (SSSR count). The average molecular weight is 250 g/mol. The number of hydrogen-bond acceptors (Lipinski definition) is 4. The maximum Gasteiger partial charge on any atom is 0.407 e. The Balaban J connectivity index is 2.12. The van der Waals surface area contributed by atoms with Crippen molar-refractivity contribution in [2.45, 2.75) is 20.3 Å². The molecular formula is C12H18N4O2. The van der Waals surface area contributed by atoms with Gasteiger partial charge in [-0.1, -0.05) is 0 Å². The molecule has 18 heavy (non-hydrogen) atoms. The summed E-state index contributed by atoms with van der Waals surface area (Å²) in [7, 11) is 0. The van der Waals surface area contributed by atoms with Crippen LogP contribution in [0.3, 0.4) is 0 Å². The smallest absolute Gasteiger partial charge is 0.407 e. The van der Waals surface area contributed by atoms with Crippen LogP contribution in [-0.2, 0) is 0 Å². The second-order valence-corrected chi connectivity index (χ2v) is 4.56. The molecule has 0 bridgehead atoms. The van der Waals surface area contributed by atoms with E-state index < -0.39 is 6.09 Å². The van der Waals surface area contributed by atoms with Crippen LogP contribution in [0.1, 0.15) is 17.8 Å². The van der Waals surface area contributed by atoms with Crippen molar-refractivity contribution in [1.29, 1.82) is 0 Å². The highest BCUT2D eigenvalue weighted by molar-refractivity contribution is 5.65. The Hall–Kier alpha value is -1.85. The van der Waals surface area contributed by atoms with Crippen LogP contribution in [0, 0.1) is 13.8 Å². The first kappa shape index (κ1) is 12.6. The largest absolute Gasteiger partial charge is 0.465 e. The summed E-state index contributed by atoms with van der Waals surface area (Å²) in [5, 5.41) is 8.98. The van der Waals surface area contributed by atoms with Gasteiger partial charge in [-0.3, -0.25) is 0 Å². The number of aromatic nitrogens is 2. The van der Waals surface area contributed by atoms with Crippen molar-refractivity contribution >= 4 is 12.0 Å². The summed E-state index contributed by atoms with van der Waals surface area (Å²) in [5.41, 5.74) is 1.88. The number of anilines is 1. The number of rotatable bonds is 1. The maximum absolute atomic E-state index is 10.9. The summed E-state index contributed by atoms with van der Waals surface area (Å²) in [6.45, 7) is 6.42. The van der Waals surface area contributed by atoms with Crippen molar-refractivity contribution in [2.24, 2.45) is 0 Å². The normalized spacial score (nSPS) is 16.6. The van der Waals surface area contributed by atoms with Crippen molar-refractivity contribution in [1.82, 2.24) is 14.9 Å². The first-order valence-electron chi connectivity index (χ1n) is 6.11. The van der Waals surface area contributed by atoms with Gasteiger partial charge in [0.25, 0.3) is 0 Å². The van der Waals surface area contributed by atoms with E-state index in [1.165, 1.54) is 4.90 Å². The van der Waals surface area contributed by atoms with Crippen molar-refractivity contribution in [3.63, 3.8) is 0 Å². The molecule has 1 aliphatic rings. The van der Waals surface area contributed by atoms with Crippen LogP contribution in [0.2, 0.25) is 0 Å². The van der Waals surface area contributed by atoms with Gasteiger partial charge in [-0.05, 0) is 26.3 Å². The zero-order valence-electron chi connectivity index (χ0n) is 10.8. The van der Waals surface area contributed by atoms with Crippen LogP contribution in [0.25, 0.3) is 0 Å². The Kier molecular flexibility index (Phi) is 3.64. The summed E-state index contributed by atoms with van der Waals surface area (Å²) in [4.78, 5) is 23.3. The van der Waals surface area contributed by atoms with E-state index in [9.17, 15) is 4.79 Å². The van der Waals surface area contributed by atoms with E-state index in [4.69, 9.17) is 5.11 Å². The highest BCUT2D eigenvalue weighted by Crippen LogP contribution is 2.13. The van der Waals surface area contributed by atoms with Crippen LogP contribution in [0.15, 0.2) is 6.07 Å². The van der Waals surface area contributed by atoms with Gasteiger partial charge in [0.2, 0.25) is 5.95 Å². The highest BCUT2D eigenvalue weighted by atomic mass is 16.4. The van der Waals surface area contributed by atoms with Crippen molar-refractivity contribution in [3.05, 3.63) is 17.5 Å². The van der Waals surface area contributed by atoms with Crippen LogP contribution in [0.5, 0.6) is 0 Å². The summed E-state index contributed by atoms with van der Waals surface area (Å²) in [5.74, 6) is 0.708. The second-order valence-electron chi connectivity index (χ2n) is 4.56. The van der Waals surface area contributed by atoms with Gasteiger partial charge in [-0.15, -0.1) is 0 Å². The molecule has 0 radical (unpaired) electrons. The predicted octanol–water partition coefficient (Wildman–Crippen LogP) is 1.28. The molecule has 6 heteroatoms. The Morgan fingerprint density at radius 2 is 1.83 bits per heavy atom.